The molecule has 0 saturated heterocycles. The van der Waals surface area contributed by atoms with Crippen LogP contribution in [0.5, 0.6) is 0 Å². The minimum Gasteiger partial charge on any atom is -0.423 e. The molecule has 1 aromatic carbocycles. The third kappa shape index (κ3) is 4.87. The zero-order valence-electron chi connectivity index (χ0n) is 18.1. The van der Waals surface area contributed by atoms with Crippen LogP contribution in [0.4, 0.5) is 16.2 Å². The minimum atomic E-state index is -0.766. The fourth-order valence-corrected chi connectivity index (χ4v) is 3.33. The third-order valence-corrected chi connectivity index (χ3v) is 4.99. The summed E-state index contributed by atoms with van der Waals surface area (Å²) in [5, 5.41) is 21.2. The molecule has 2 amide bonds. The predicted molar refractivity (Wildman–Crippen MR) is 112 cm³/mol. The molecular formula is C21H31N5O3. The van der Waals surface area contributed by atoms with E-state index in [1.165, 1.54) is 0 Å². The SMILES string of the molecule is Cc1nnc([C@@H](NC(=O)N2CN(CCC(C)(C)O)c3ccccc32)C(C)(C)C)o1. The predicted octanol–water partition coefficient (Wildman–Crippen LogP) is 3.62. The van der Waals surface area contributed by atoms with Gasteiger partial charge < -0.3 is 19.7 Å². The van der Waals surface area contributed by atoms with E-state index in [0.29, 0.717) is 31.4 Å². The number of nitrogens with zero attached hydrogens (tertiary/aromatic N) is 4. The number of nitrogens with one attached hydrogen (secondary N) is 1. The molecule has 0 aliphatic carbocycles. The van der Waals surface area contributed by atoms with Crippen LogP contribution < -0.4 is 15.1 Å². The number of carbonyl (C=O) groups excluding carboxylic acids is 1. The molecule has 29 heavy (non-hydrogen) atoms. The van der Waals surface area contributed by atoms with E-state index in [9.17, 15) is 9.90 Å². The van der Waals surface area contributed by atoms with Crippen molar-refractivity contribution in [2.24, 2.45) is 5.41 Å². The van der Waals surface area contributed by atoms with Gasteiger partial charge in [0, 0.05) is 13.5 Å². The maximum absolute atomic E-state index is 13.2. The van der Waals surface area contributed by atoms with Gasteiger partial charge in [0.25, 0.3) is 0 Å². The number of rotatable bonds is 5. The van der Waals surface area contributed by atoms with E-state index >= 15 is 0 Å². The van der Waals surface area contributed by atoms with Crippen LogP contribution >= 0.6 is 0 Å². The molecule has 1 aliphatic rings. The molecule has 3 rings (SSSR count). The van der Waals surface area contributed by atoms with E-state index < -0.39 is 11.6 Å². The Morgan fingerprint density at radius 3 is 2.41 bits per heavy atom. The lowest BCUT2D eigenvalue weighted by atomic mass is 9.86. The molecule has 1 aromatic heterocycles. The topological polar surface area (TPSA) is 94.7 Å². The van der Waals surface area contributed by atoms with Crippen molar-refractivity contribution in [1.82, 2.24) is 15.5 Å². The van der Waals surface area contributed by atoms with Gasteiger partial charge in [0.15, 0.2) is 0 Å². The summed E-state index contributed by atoms with van der Waals surface area (Å²) in [4.78, 5) is 17.1. The van der Waals surface area contributed by atoms with E-state index in [2.05, 4.69) is 20.4 Å². The molecule has 8 nitrogen and oxygen atoms in total. The molecule has 2 N–H and O–H groups in total. The Morgan fingerprint density at radius 1 is 1.21 bits per heavy atom. The Labute approximate surface area is 171 Å². The van der Waals surface area contributed by atoms with Crippen molar-refractivity contribution in [3.8, 4) is 0 Å². The van der Waals surface area contributed by atoms with Gasteiger partial charge in [-0.2, -0.15) is 0 Å². The molecule has 0 spiro atoms. The first-order chi connectivity index (χ1) is 13.5. The van der Waals surface area contributed by atoms with Crippen LogP contribution in [-0.2, 0) is 0 Å². The molecule has 2 heterocycles. The Kier molecular flexibility index (Phi) is 5.58. The van der Waals surface area contributed by atoms with Gasteiger partial charge in [0.1, 0.15) is 6.04 Å². The zero-order valence-corrected chi connectivity index (χ0v) is 18.1. The lowest BCUT2D eigenvalue weighted by Crippen LogP contribution is -2.46. The number of aromatic nitrogens is 2. The smallest absolute Gasteiger partial charge is 0.324 e. The van der Waals surface area contributed by atoms with Gasteiger partial charge in [-0.1, -0.05) is 32.9 Å². The second-order valence-corrected chi connectivity index (χ2v) is 9.29. The quantitative estimate of drug-likeness (QED) is 0.795. The van der Waals surface area contributed by atoms with Crippen LogP contribution in [0, 0.1) is 12.3 Å². The maximum atomic E-state index is 13.2. The number of hydrogen-bond acceptors (Lipinski definition) is 6. The second-order valence-electron chi connectivity index (χ2n) is 9.29. The van der Waals surface area contributed by atoms with Crippen LogP contribution in [-0.4, -0.2) is 40.1 Å². The Bertz CT molecular complexity index is 866. The Balaban J connectivity index is 1.81. The van der Waals surface area contributed by atoms with E-state index in [0.717, 1.165) is 11.4 Å². The van der Waals surface area contributed by atoms with Gasteiger partial charge in [-0.05, 0) is 37.8 Å². The fraction of sp³-hybridized carbons (Fsp3) is 0.571. The van der Waals surface area contributed by atoms with Gasteiger partial charge in [-0.15, -0.1) is 10.2 Å². The fourth-order valence-electron chi connectivity index (χ4n) is 3.33. The molecule has 0 saturated carbocycles. The van der Waals surface area contributed by atoms with Crippen molar-refractivity contribution >= 4 is 17.4 Å². The monoisotopic (exact) mass is 401 g/mol. The Hall–Kier alpha value is -2.61. The third-order valence-electron chi connectivity index (χ3n) is 4.99. The second kappa shape index (κ2) is 7.67. The van der Waals surface area contributed by atoms with E-state index in [1.54, 1.807) is 25.7 Å². The normalized spacial score (nSPS) is 15.4. The van der Waals surface area contributed by atoms with Crippen LogP contribution in [0.1, 0.15) is 58.9 Å². The van der Waals surface area contributed by atoms with Crippen LogP contribution in [0.3, 0.4) is 0 Å². The maximum Gasteiger partial charge on any atom is 0.324 e. The number of amides is 2. The number of carbonyl (C=O) groups is 1. The highest BCUT2D eigenvalue weighted by Gasteiger charge is 2.36. The Morgan fingerprint density at radius 2 is 1.86 bits per heavy atom. The van der Waals surface area contributed by atoms with Crippen LogP contribution in [0.15, 0.2) is 28.7 Å². The first-order valence-corrected chi connectivity index (χ1v) is 9.90. The highest BCUT2D eigenvalue weighted by molar-refractivity contribution is 5.98. The van der Waals surface area contributed by atoms with Gasteiger partial charge in [0.2, 0.25) is 11.8 Å². The van der Waals surface area contributed by atoms with E-state index in [4.69, 9.17) is 4.42 Å². The number of fused-ring (bicyclic) bond motifs is 1. The molecule has 0 bridgehead atoms. The first-order valence-electron chi connectivity index (χ1n) is 9.90. The summed E-state index contributed by atoms with van der Waals surface area (Å²) in [5.74, 6) is 0.863. The number of urea groups is 1. The molecule has 158 valence electrons. The van der Waals surface area contributed by atoms with Crippen molar-refractivity contribution < 1.29 is 14.3 Å². The lowest BCUT2D eigenvalue weighted by molar-refractivity contribution is 0.0732. The summed E-state index contributed by atoms with van der Waals surface area (Å²) in [6.45, 7) is 12.4. The van der Waals surface area contributed by atoms with Crippen molar-refractivity contribution in [1.29, 1.82) is 0 Å². The van der Waals surface area contributed by atoms with Gasteiger partial charge >= 0.3 is 6.03 Å². The number of anilines is 2. The zero-order chi connectivity index (χ0) is 21.4. The first kappa shape index (κ1) is 21.1. The standard InChI is InChI=1S/C21H31N5O3/c1-14-23-24-18(29-14)17(20(2,3)4)22-19(27)26-13-25(12-11-21(5,6)28)15-9-7-8-10-16(15)26/h7-10,17,28H,11-13H2,1-6H3,(H,22,27)/t17-/m1/s1. The van der Waals surface area contributed by atoms with Crippen molar-refractivity contribution in [2.75, 3.05) is 23.0 Å². The summed E-state index contributed by atoms with van der Waals surface area (Å²) in [5.41, 5.74) is 0.745. The van der Waals surface area contributed by atoms with Gasteiger partial charge in [0.05, 0.1) is 23.6 Å². The average molecular weight is 402 g/mol. The number of para-hydroxylation sites is 2. The average Bonchev–Trinajstić information content (AvgIpc) is 3.20. The molecular weight excluding hydrogens is 370 g/mol. The summed E-state index contributed by atoms with van der Waals surface area (Å²) in [6, 6.07) is 7.16. The van der Waals surface area contributed by atoms with Gasteiger partial charge in [-0.3, -0.25) is 4.90 Å². The van der Waals surface area contributed by atoms with Crippen molar-refractivity contribution in [3.05, 3.63) is 36.0 Å². The summed E-state index contributed by atoms with van der Waals surface area (Å²) >= 11 is 0. The molecule has 0 fully saturated rings. The van der Waals surface area contributed by atoms with Crippen molar-refractivity contribution in [2.45, 2.75) is 59.6 Å². The van der Waals surface area contributed by atoms with Crippen molar-refractivity contribution in [3.63, 3.8) is 0 Å². The molecule has 2 aromatic rings. The highest BCUT2D eigenvalue weighted by atomic mass is 16.4. The van der Waals surface area contributed by atoms with E-state index in [1.807, 2.05) is 45.0 Å². The number of benzene rings is 1. The van der Waals surface area contributed by atoms with Crippen LogP contribution in [0.25, 0.3) is 0 Å². The molecule has 8 heteroatoms. The number of aryl methyl sites for hydroxylation is 1. The lowest BCUT2D eigenvalue weighted by Gasteiger charge is -2.30. The molecule has 1 atom stereocenters. The number of hydrogen-bond donors (Lipinski definition) is 2. The number of aliphatic hydroxyl groups is 1. The van der Waals surface area contributed by atoms with E-state index in [-0.39, 0.29) is 11.4 Å². The largest absolute Gasteiger partial charge is 0.423 e. The van der Waals surface area contributed by atoms with Gasteiger partial charge in [-0.25, -0.2) is 4.79 Å². The molecule has 1 aliphatic heterocycles. The summed E-state index contributed by atoms with van der Waals surface area (Å²) < 4.78 is 5.61. The minimum absolute atomic E-state index is 0.223. The molecule has 0 unspecified atom stereocenters. The highest BCUT2D eigenvalue weighted by Crippen LogP contribution is 2.37. The molecule has 0 radical (unpaired) electrons. The van der Waals surface area contributed by atoms with Crippen LogP contribution in [0.2, 0.25) is 0 Å². The summed E-state index contributed by atoms with van der Waals surface area (Å²) in [6.07, 6.45) is 0.600. The summed E-state index contributed by atoms with van der Waals surface area (Å²) in [7, 11) is 0.